The fraction of sp³-hybridized carbons (Fsp3) is 0.400. The van der Waals surface area contributed by atoms with Crippen molar-refractivity contribution in [2.45, 2.75) is 33.6 Å². The van der Waals surface area contributed by atoms with Gasteiger partial charge in [0.05, 0.1) is 5.56 Å². The molecule has 0 aromatic carbocycles. The van der Waals surface area contributed by atoms with Crippen LogP contribution in [-0.4, -0.2) is 21.5 Å². The van der Waals surface area contributed by atoms with Crippen LogP contribution in [0.2, 0.25) is 0 Å². The van der Waals surface area contributed by atoms with Crippen molar-refractivity contribution in [3.8, 4) is 0 Å². The Morgan fingerprint density at radius 3 is 2.50 bits per heavy atom. The van der Waals surface area contributed by atoms with E-state index in [1.807, 2.05) is 6.92 Å². The first-order chi connectivity index (χ1) is 9.31. The number of nitrogens with one attached hydrogen (secondary N) is 1. The Kier molecular flexibility index (Phi) is 3.61. The Labute approximate surface area is 117 Å². The molecule has 0 radical (unpaired) electrons. The van der Waals surface area contributed by atoms with Crippen LogP contribution in [0, 0.1) is 5.92 Å². The molecule has 0 aliphatic heterocycles. The van der Waals surface area contributed by atoms with Crippen LogP contribution in [0.5, 0.6) is 0 Å². The number of carbonyl (C=O) groups is 2. The zero-order valence-electron chi connectivity index (χ0n) is 11.9. The van der Waals surface area contributed by atoms with Gasteiger partial charge in [-0.2, -0.15) is 0 Å². The Morgan fingerprint density at radius 2 is 2.00 bits per heavy atom. The molecule has 5 heteroatoms. The third-order valence-electron chi connectivity index (χ3n) is 3.84. The molecule has 1 N–H and O–H groups in total. The van der Waals surface area contributed by atoms with E-state index in [4.69, 9.17) is 0 Å². The minimum Gasteiger partial charge on any atom is -0.295 e. The number of rotatable bonds is 2. The molecule has 0 bridgehead atoms. The number of H-pyrrole nitrogens is 1. The van der Waals surface area contributed by atoms with Gasteiger partial charge in [0, 0.05) is 19.5 Å². The summed E-state index contributed by atoms with van der Waals surface area (Å²) in [6.07, 6.45) is 2.52. The number of allylic oxidation sites excluding steroid dienone is 3. The number of aromatic nitrogens is 2. The van der Waals surface area contributed by atoms with Crippen LogP contribution in [0.4, 0.5) is 0 Å². The second kappa shape index (κ2) is 5.07. The summed E-state index contributed by atoms with van der Waals surface area (Å²) in [7, 11) is 0. The smallest absolute Gasteiger partial charge is 0.272 e. The van der Waals surface area contributed by atoms with Crippen molar-refractivity contribution >= 4 is 17.3 Å². The lowest BCUT2D eigenvalue weighted by Gasteiger charge is -2.24. The fourth-order valence-electron chi connectivity index (χ4n) is 2.45. The van der Waals surface area contributed by atoms with E-state index in [0.717, 1.165) is 15.8 Å². The number of carbonyl (C=O) groups excluding carboxylic acids is 2. The van der Waals surface area contributed by atoms with Gasteiger partial charge in [0.1, 0.15) is 0 Å². The molecular formula is C15H18N2O3. The van der Waals surface area contributed by atoms with Gasteiger partial charge in [-0.25, -0.2) is 4.68 Å². The van der Waals surface area contributed by atoms with E-state index in [2.05, 4.69) is 11.7 Å². The SMILES string of the molecule is C=C(C)C1CC(=O)C(C)=C(c2cn(C(C)=O)[nH]c2=O)C1. The quantitative estimate of drug-likeness (QED) is 0.840. The standard InChI is InChI=1S/C15H18N2O3/c1-8(2)11-5-12(9(3)14(19)6-11)13-7-17(10(4)18)16-15(13)20/h7,11H,1,5-6H2,2-4H3,(H,16,20). The molecule has 0 spiro atoms. The highest BCUT2D eigenvalue weighted by atomic mass is 16.2. The highest BCUT2D eigenvalue weighted by Crippen LogP contribution is 2.35. The predicted octanol–water partition coefficient (Wildman–Crippen LogP) is 2.17. The number of ketones is 1. The summed E-state index contributed by atoms with van der Waals surface area (Å²) < 4.78 is 1.15. The van der Waals surface area contributed by atoms with Crippen LogP contribution >= 0.6 is 0 Å². The molecule has 0 saturated heterocycles. The molecule has 1 heterocycles. The molecule has 20 heavy (non-hydrogen) atoms. The fourth-order valence-corrected chi connectivity index (χ4v) is 2.45. The van der Waals surface area contributed by atoms with Gasteiger partial charge in [0.25, 0.3) is 5.56 Å². The second-order valence-electron chi connectivity index (χ2n) is 5.35. The molecule has 1 aliphatic carbocycles. The number of Topliss-reactive ketones (excluding diaryl/α,β-unsaturated/α-hetero) is 1. The monoisotopic (exact) mass is 274 g/mol. The van der Waals surface area contributed by atoms with E-state index in [1.165, 1.54) is 13.1 Å². The van der Waals surface area contributed by atoms with Crippen molar-refractivity contribution < 1.29 is 9.59 Å². The zero-order valence-corrected chi connectivity index (χ0v) is 11.9. The molecule has 106 valence electrons. The lowest BCUT2D eigenvalue weighted by Crippen LogP contribution is -2.20. The first kappa shape index (κ1) is 14.2. The summed E-state index contributed by atoms with van der Waals surface area (Å²) in [5, 5.41) is 2.46. The summed E-state index contributed by atoms with van der Waals surface area (Å²) in [6, 6.07) is 0. The number of hydrogen-bond donors (Lipinski definition) is 1. The Balaban J connectivity index is 2.52. The van der Waals surface area contributed by atoms with Crippen molar-refractivity contribution in [3.05, 3.63) is 39.8 Å². The van der Waals surface area contributed by atoms with Gasteiger partial charge in [0.15, 0.2) is 5.78 Å². The van der Waals surface area contributed by atoms with E-state index < -0.39 is 0 Å². The van der Waals surface area contributed by atoms with Crippen molar-refractivity contribution in [3.63, 3.8) is 0 Å². The summed E-state index contributed by atoms with van der Waals surface area (Å²) in [5.41, 5.74) is 2.32. The molecule has 0 amide bonds. The lowest BCUT2D eigenvalue weighted by molar-refractivity contribution is -0.116. The zero-order chi connectivity index (χ0) is 15.0. The van der Waals surface area contributed by atoms with Crippen LogP contribution < -0.4 is 5.56 Å². The Hall–Kier alpha value is -2.17. The van der Waals surface area contributed by atoms with E-state index >= 15 is 0 Å². The van der Waals surface area contributed by atoms with Gasteiger partial charge in [-0.3, -0.25) is 19.5 Å². The molecule has 0 fully saturated rings. The molecule has 1 atom stereocenters. The first-order valence-corrected chi connectivity index (χ1v) is 6.52. The van der Waals surface area contributed by atoms with Gasteiger partial charge in [-0.05, 0) is 37.3 Å². The van der Waals surface area contributed by atoms with Gasteiger partial charge in [-0.1, -0.05) is 12.2 Å². The summed E-state index contributed by atoms with van der Waals surface area (Å²) >= 11 is 0. The molecule has 2 rings (SSSR count). The van der Waals surface area contributed by atoms with Crippen LogP contribution in [-0.2, 0) is 4.79 Å². The maximum absolute atomic E-state index is 12.1. The minimum absolute atomic E-state index is 0.0363. The normalized spacial score (nSPS) is 19.4. The largest absolute Gasteiger partial charge is 0.295 e. The van der Waals surface area contributed by atoms with Gasteiger partial charge in [-0.15, -0.1) is 0 Å². The van der Waals surface area contributed by atoms with Crippen molar-refractivity contribution in [1.82, 2.24) is 9.78 Å². The first-order valence-electron chi connectivity index (χ1n) is 6.52. The Morgan fingerprint density at radius 1 is 1.35 bits per heavy atom. The Bertz CT molecular complexity index is 688. The summed E-state index contributed by atoms with van der Waals surface area (Å²) in [4.78, 5) is 35.3. The van der Waals surface area contributed by atoms with E-state index in [0.29, 0.717) is 24.0 Å². The van der Waals surface area contributed by atoms with Gasteiger partial charge in [0.2, 0.25) is 5.91 Å². The van der Waals surface area contributed by atoms with Gasteiger partial charge >= 0.3 is 0 Å². The number of nitrogens with zero attached hydrogens (tertiary/aromatic N) is 1. The number of hydrogen-bond acceptors (Lipinski definition) is 3. The van der Waals surface area contributed by atoms with Crippen molar-refractivity contribution in [1.29, 1.82) is 0 Å². The van der Waals surface area contributed by atoms with Gasteiger partial charge < -0.3 is 0 Å². The van der Waals surface area contributed by atoms with E-state index in [9.17, 15) is 14.4 Å². The van der Waals surface area contributed by atoms with Crippen LogP contribution in [0.25, 0.3) is 5.57 Å². The third kappa shape index (κ3) is 2.43. The molecule has 1 aromatic heterocycles. The highest BCUT2D eigenvalue weighted by molar-refractivity contribution is 6.04. The van der Waals surface area contributed by atoms with Crippen LogP contribution in [0.3, 0.4) is 0 Å². The van der Waals surface area contributed by atoms with E-state index in [-0.39, 0.29) is 23.2 Å². The third-order valence-corrected chi connectivity index (χ3v) is 3.84. The molecule has 1 unspecified atom stereocenters. The average Bonchev–Trinajstić information content (AvgIpc) is 2.74. The maximum atomic E-state index is 12.1. The molecular weight excluding hydrogens is 256 g/mol. The predicted molar refractivity (Wildman–Crippen MR) is 76.5 cm³/mol. The lowest BCUT2D eigenvalue weighted by atomic mass is 9.79. The highest BCUT2D eigenvalue weighted by Gasteiger charge is 2.28. The van der Waals surface area contributed by atoms with Crippen LogP contribution in [0.15, 0.2) is 28.7 Å². The molecule has 5 nitrogen and oxygen atoms in total. The van der Waals surface area contributed by atoms with E-state index in [1.54, 1.807) is 6.92 Å². The number of aromatic amines is 1. The van der Waals surface area contributed by atoms with Crippen molar-refractivity contribution in [2.75, 3.05) is 0 Å². The molecule has 1 aromatic rings. The minimum atomic E-state index is -0.343. The molecule has 0 saturated carbocycles. The second-order valence-corrected chi connectivity index (χ2v) is 5.35. The summed E-state index contributed by atoms with van der Waals surface area (Å²) in [5.74, 6) is -0.180. The average molecular weight is 274 g/mol. The molecule has 1 aliphatic rings. The summed E-state index contributed by atoms with van der Waals surface area (Å²) in [6.45, 7) is 8.89. The van der Waals surface area contributed by atoms with Crippen molar-refractivity contribution in [2.24, 2.45) is 5.92 Å². The van der Waals surface area contributed by atoms with Crippen LogP contribution in [0.1, 0.15) is 44.0 Å². The topological polar surface area (TPSA) is 71.9 Å². The maximum Gasteiger partial charge on any atom is 0.272 e.